The van der Waals surface area contributed by atoms with Crippen LogP contribution in [0.4, 0.5) is 11.4 Å². The van der Waals surface area contributed by atoms with Crippen LogP contribution in [0, 0.1) is 17.0 Å². The Kier molecular flexibility index (Phi) is 9.09. The van der Waals surface area contributed by atoms with E-state index >= 15 is 0 Å². The molecule has 1 saturated heterocycles. The number of halogens is 1. The maximum Gasteiger partial charge on any atom is 0.269 e. The van der Waals surface area contributed by atoms with Crippen molar-refractivity contribution in [2.24, 2.45) is 4.99 Å². The van der Waals surface area contributed by atoms with E-state index in [1.807, 2.05) is 61.7 Å². The van der Waals surface area contributed by atoms with E-state index in [9.17, 15) is 14.9 Å². The topological polar surface area (TPSA) is 110 Å². The van der Waals surface area contributed by atoms with Crippen molar-refractivity contribution in [2.45, 2.75) is 20.0 Å². The Hall–Kier alpha value is -5.06. The van der Waals surface area contributed by atoms with Crippen molar-refractivity contribution < 1.29 is 19.2 Å². The van der Waals surface area contributed by atoms with E-state index in [0.717, 1.165) is 27.6 Å². The van der Waals surface area contributed by atoms with E-state index in [1.54, 1.807) is 35.2 Å². The fraction of sp³-hybridized carbons (Fsp3) is 0.143. The average Bonchev–Trinajstić information content (AvgIpc) is 3.60. The number of fused-ring (bicyclic) bond motifs is 1. The van der Waals surface area contributed by atoms with Crippen molar-refractivity contribution >= 4 is 62.8 Å². The highest BCUT2D eigenvalue weighted by Crippen LogP contribution is 2.40. The lowest BCUT2D eigenvalue weighted by Gasteiger charge is -2.15. The molecule has 0 radical (unpaired) electrons. The molecule has 0 atom stereocenters. The number of aromatic nitrogens is 1. The summed E-state index contributed by atoms with van der Waals surface area (Å²) in [7, 11) is 1.54. The molecule has 5 aromatic rings. The highest BCUT2D eigenvalue weighted by molar-refractivity contribution is 8.18. The third-order valence-corrected chi connectivity index (χ3v) is 8.79. The number of non-ortho nitro benzene ring substituents is 1. The van der Waals surface area contributed by atoms with Gasteiger partial charge in [0.15, 0.2) is 16.7 Å². The second-order valence-corrected chi connectivity index (χ2v) is 12.1. The van der Waals surface area contributed by atoms with Gasteiger partial charge in [-0.05, 0) is 78.2 Å². The van der Waals surface area contributed by atoms with Crippen molar-refractivity contribution in [3.8, 4) is 11.5 Å². The van der Waals surface area contributed by atoms with Crippen LogP contribution in [-0.2, 0) is 17.8 Å². The number of thioether (sulfide) groups is 1. The Morgan fingerprint density at radius 1 is 1.07 bits per heavy atom. The van der Waals surface area contributed by atoms with Gasteiger partial charge in [0.05, 0.1) is 27.6 Å². The first-order chi connectivity index (χ1) is 22.3. The van der Waals surface area contributed by atoms with Crippen molar-refractivity contribution in [3.63, 3.8) is 0 Å². The third-order valence-electron chi connectivity index (χ3n) is 7.51. The minimum atomic E-state index is -0.461. The molecule has 0 spiro atoms. The number of carbonyl (C=O) groups excluding carboxylic acids is 1. The smallest absolute Gasteiger partial charge is 0.269 e. The second kappa shape index (κ2) is 13.5. The number of aliphatic imine (C=N–C) groups is 1. The molecule has 1 amide bonds. The van der Waals surface area contributed by atoms with Crippen LogP contribution in [0.2, 0.25) is 5.02 Å². The van der Waals surface area contributed by atoms with E-state index in [4.69, 9.17) is 26.1 Å². The quantitative estimate of drug-likeness (QED) is 0.0920. The predicted octanol–water partition coefficient (Wildman–Crippen LogP) is 8.47. The average molecular weight is 653 g/mol. The van der Waals surface area contributed by atoms with Crippen LogP contribution >= 0.6 is 23.4 Å². The van der Waals surface area contributed by atoms with Crippen LogP contribution in [0.15, 0.2) is 101 Å². The number of rotatable bonds is 10. The highest BCUT2D eigenvalue weighted by atomic mass is 35.5. The molecule has 1 fully saturated rings. The highest BCUT2D eigenvalue weighted by Gasteiger charge is 2.33. The van der Waals surface area contributed by atoms with E-state index in [1.165, 1.54) is 31.0 Å². The minimum absolute atomic E-state index is 0.0343. The number of amidine groups is 1. The molecule has 4 aromatic carbocycles. The summed E-state index contributed by atoms with van der Waals surface area (Å²) < 4.78 is 11.6. The number of nitro benzene ring substituents is 1. The first kappa shape index (κ1) is 30.9. The number of nitro groups is 1. The van der Waals surface area contributed by atoms with E-state index in [0.29, 0.717) is 57.4 Å². The number of methoxy groups -OCH3 is 1. The first-order valence-electron chi connectivity index (χ1n) is 14.4. The number of aryl methyl sites for hydroxylation is 1. The summed E-state index contributed by atoms with van der Waals surface area (Å²) in [6.07, 6.45) is 4.30. The van der Waals surface area contributed by atoms with Gasteiger partial charge in [0, 0.05) is 35.8 Å². The molecule has 0 saturated carbocycles. The number of hydrogen-bond donors (Lipinski definition) is 1. The molecule has 11 heteroatoms. The number of benzene rings is 4. The zero-order chi connectivity index (χ0) is 32.2. The molecule has 1 aliphatic heterocycles. The molecular formula is C35H29ClN4O5S. The maximum absolute atomic E-state index is 13.8. The van der Waals surface area contributed by atoms with Gasteiger partial charge in [-0.25, -0.2) is 4.99 Å². The van der Waals surface area contributed by atoms with E-state index in [2.05, 4.69) is 4.98 Å². The molecule has 9 nitrogen and oxygen atoms in total. The molecule has 0 bridgehead atoms. The van der Waals surface area contributed by atoms with Gasteiger partial charge in [0.25, 0.3) is 11.6 Å². The molecular weight excluding hydrogens is 624 g/mol. The Bertz CT molecular complexity index is 1990. The van der Waals surface area contributed by atoms with Crippen LogP contribution in [0.3, 0.4) is 0 Å². The number of para-hydroxylation sites is 1. The molecule has 1 N–H and O–H groups in total. The van der Waals surface area contributed by atoms with Gasteiger partial charge in [-0.15, -0.1) is 0 Å². The van der Waals surface area contributed by atoms with Gasteiger partial charge in [0.1, 0.15) is 6.61 Å². The summed E-state index contributed by atoms with van der Waals surface area (Å²) in [6, 6.07) is 25.5. The molecule has 0 aliphatic carbocycles. The summed E-state index contributed by atoms with van der Waals surface area (Å²) in [6.45, 7) is 2.73. The normalized spacial score (nSPS) is 14.8. The zero-order valence-corrected chi connectivity index (χ0v) is 26.6. The predicted molar refractivity (Wildman–Crippen MR) is 183 cm³/mol. The fourth-order valence-electron chi connectivity index (χ4n) is 5.07. The zero-order valence-electron chi connectivity index (χ0n) is 25.0. The largest absolute Gasteiger partial charge is 0.493 e. The second-order valence-electron chi connectivity index (χ2n) is 10.7. The van der Waals surface area contributed by atoms with Crippen molar-refractivity contribution in [2.75, 3.05) is 13.7 Å². The number of nitrogens with zero attached hydrogens (tertiary/aromatic N) is 3. The standard InChI is InChI=1S/C35H29ClN4O5S/c1-22-7-9-23(10-8-22)21-45-33-29(36)17-24(18-31(33)44-2)19-32-34(41)39(16-15-25-20-37-30-6-4-3-5-28(25)30)35(46-32)38-26-11-13-27(14-12-26)40(42)43/h3-14,17-20,37H,15-16,21H2,1-2H3/b32-19-,38-35?. The molecule has 2 heterocycles. The summed E-state index contributed by atoms with van der Waals surface area (Å²) in [4.78, 5) is 34.6. The number of ether oxygens (including phenoxy) is 2. The molecule has 1 aliphatic rings. The number of nitrogens with one attached hydrogen (secondary N) is 1. The molecule has 46 heavy (non-hydrogen) atoms. The van der Waals surface area contributed by atoms with Crippen molar-refractivity contribution in [3.05, 3.63) is 133 Å². The number of amides is 1. The lowest BCUT2D eigenvalue weighted by atomic mass is 10.1. The van der Waals surface area contributed by atoms with Crippen LogP contribution in [0.25, 0.3) is 17.0 Å². The summed E-state index contributed by atoms with van der Waals surface area (Å²) in [5, 5.41) is 13.1. The minimum Gasteiger partial charge on any atom is -0.493 e. The summed E-state index contributed by atoms with van der Waals surface area (Å²) >= 11 is 7.90. The van der Waals surface area contributed by atoms with Crippen LogP contribution in [-0.4, -0.2) is 39.5 Å². The monoisotopic (exact) mass is 652 g/mol. The third kappa shape index (κ3) is 6.78. The Balaban J connectivity index is 1.28. The summed E-state index contributed by atoms with van der Waals surface area (Å²) in [5.41, 5.74) is 5.39. The maximum atomic E-state index is 13.8. The Labute approximate surface area is 274 Å². The van der Waals surface area contributed by atoms with Gasteiger partial charge in [-0.2, -0.15) is 0 Å². The molecule has 1 aromatic heterocycles. The summed E-state index contributed by atoms with van der Waals surface area (Å²) in [5.74, 6) is 0.649. The molecule has 6 rings (SSSR count). The van der Waals surface area contributed by atoms with Gasteiger partial charge < -0.3 is 14.5 Å². The molecule has 0 unspecified atom stereocenters. The Morgan fingerprint density at radius 3 is 2.57 bits per heavy atom. The van der Waals surface area contributed by atoms with E-state index < -0.39 is 4.92 Å². The van der Waals surface area contributed by atoms with E-state index in [-0.39, 0.29) is 11.6 Å². The van der Waals surface area contributed by atoms with Crippen molar-refractivity contribution in [1.82, 2.24) is 9.88 Å². The van der Waals surface area contributed by atoms with Crippen LogP contribution in [0.5, 0.6) is 11.5 Å². The number of H-pyrrole nitrogens is 1. The lowest BCUT2D eigenvalue weighted by molar-refractivity contribution is -0.384. The fourth-order valence-corrected chi connectivity index (χ4v) is 6.37. The number of aromatic amines is 1. The van der Waals surface area contributed by atoms with Crippen LogP contribution in [0.1, 0.15) is 22.3 Å². The SMILES string of the molecule is COc1cc(/C=C2\SC(=Nc3ccc([N+](=O)[O-])cc3)N(CCc3c[nH]c4ccccc34)C2=O)cc(Cl)c1OCc1ccc(C)cc1. The number of carbonyl (C=O) groups is 1. The van der Waals surface area contributed by atoms with Gasteiger partial charge in [-0.1, -0.05) is 59.6 Å². The van der Waals surface area contributed by atoms with Gasteiger partial charge in [-0.3, -0.25) is 19.8 Å². The lowest BCUT2D eigenvalue weighted by Crippen LogP contribution is -2.31. The van der Waals surface area contributed by atoms with Crippen molar-refractivity contribution in [1.29, 1.82) is 0 Å². The van der Waals surface area contributed by atoms with Gasteiger partial charge in [0.2, 0.25) is 0 Å². The molecule has 232 valence electrons. The van der Waals surface area contributed by atoms with Crippen LogP contribution < -0.4 is 9.47 Å². The Morgan fingerprint density at radius 2 is 1.83 bits per heavy atom. The number of hydrogen-bond acceptors (Lipinski definition) is 7. The first-order valence-corrected chi connectivity index (χ1v) is 15.6. The van der Waals surface area contributed by atoms with Gasteiger partial charge >= 0.3 is 0 Å².